The molecule has 1 fully saturated rings. The molecule has 8 nitrogen and oxygen atoms in total. The Morgan fingerprint density at radius 2 is 1.81 bits per heavy atom. The summed E-state index contributed by atoms with van der Waals surface area (Å²) in [6.07, 6.45) is 1.31. The van der Waals surface area contributed by atoms with Gasteiger partial charge in [0.1, 0.15) is 5.75 Å². The molecule has 0 atom stereocenters. The Labute approximate surface area is 185 Å². The first-order valence-electron chi connectivity index (χ1n) is 10.2. The molecule has 1 aliphatic rings. The number of aryl methyl sites for hydroxylation is 2. The maximum Gasteiger partial charge on any atom is 0.267 e. The predicted molar refractivity (Wildman–Crippen MR) is 117 cm³/mol. The SMILES string of the molecule is Cc1cc(C)n(-c2ccc(=O)n(C3CCN(C(=O)COc4ccc(Cl)cc4)CC3)n2)n1. The summed E-state index contributed by atoms with van der Waals surface area (Å²) in [6, 6.07) is 12.0. The van der Waals surface area contributed by atoms with E-state index in [1.807, 2.05) is 19.9 Å². The predicted octanol–water partition coefficient (Wildman–Crippen LogP) is 2.94. The molecule has 1 amide bonds. The Morgan fingerprint density at radius 1 is 1.10 bits per heavy atom. The molecule has 9 heteroatoms. The van der Waals surface area contributed by atoms with Crippen molar-refractivity contribution < 1.29 is 9.53 Å². The molecule has 3 heterocycles. The van der Waals surface area contributed by atoms with Crippen LogP contribution in [0.4, 0.5) is 0 Å². The second kappa shape index (κ2) is 8.93. The molecule has 1 aliphatic heterocycles. The zero-order valence-corrected chi connectivity index (χ0v) is 18.2. The lowest BCUT2D eigenvalue weighted by Gasteiger charge is -2.32. The van der Waals surface area contributed by atoms with E-state index in [0.29, 0.717) is 42.5 Å². The van der Waals surface area contributed by atoms with Crippen molar-refractivity contribution in [1.29, 1.82) is 0 Å². The van der Waals surface area contributed by atoms with Crippen molar-refractivity contribution in [3.8, 4) is 11.6 Å². The zero-order valence-electron chi connectivity index (χ0n) is 17.5. The number of carbonyl (C=O) groups excluding carboxylic acids is 1. The number of amides is 1. The third-order valence-electron chi connectivity index (χ3n) is 5.38. The first kappa shape index (κ1) is 21.1. The lowest BCUT2D eigenvalue weighted by atomic mass is 10.1. The topological polar surface area (TPSA) is 82.2 Å². The van der Waals surface area contributed by atoms with Crippen LogP contribution in [0.3, 0.4) is 0 Å². The maximum atomic E-state index is 12.5. The molecule has 0 unspecified atom stereocenters. The smallest absolute Gasteiger partial charge is 0.267 e. The van der Waals surface area contributed by atoms with Crippen LogP contribution in [0.1, 0.15) is 30.3 Å². The molecule has 0 N–H and O–H groups in total. The molecular formula is C22H24ClN5O3. The van der Waals surface area contributed by atoms with E-state index in [1.165, 1.54) is 10.7 Å². The van der Waals surface area contributed by atoms with Gasteiger partial charge in [0.25, 0.3) is 11.5 Å². The minimum atomic E-state index is -0.152. The summed E-state index contributed by atoms with van der Waals surface area (Å²) in [6.45, 7) is 4.94. The quantitative estimate of drug-likeness (QED) is 0.608. The van der Waals surface area contributed by atoms with Crippen LogP contribution in [-0.4, -0.2) is 50.1 Å². The van der Waals surface area contributed by atoms with Gasteiger partial charge in [-0.15, -0.1) is 5.10 Å². The van der Waals surface area contributed by atoms with Crippen LogP contribution in [0.5, 0.6) is 5.75 Å². The van der Waals surface area contributed by atoms with E-state index in [1.54, 1.807) is 39.9 Å². The Morgan fingerprint density at radius 3 is 2.45 bits per heavy atom. The van der Waals surface area contributed by atoms with Crippen LogP contribution in [0.15, 0.2) is 47.3 Å². The van der Waals surface area contributed by atoms with E-state index >= 15 is 0 Å². The number of halogens is 1. The van der Waals surface area contributed by atoms with E-state index in [-0.39, 0.29) is 24.1 Å². The molecule has 0 radical (unpaired) electrons. The molecule has 0 saturated carbocycles. The average molecular weight is 442 g/mol. The monoisotopic (exact) mass is 441 g/mol. The van der Waals surface area contributed by atoms with E-state index in [9.17, 15) is 9.59 Å². The highest BCUT2D eigenvalue weighted by atomic mass is 35.5. The van der Waals surface area contributed by atoms with Crippen LogP contribution < -0.4 is 10.3 Å². The van der Waals surface area contributed by atoms with E-state index in [2.05, 4.69) is 10.2 Å². The number of hydrogen-bond donors (Lipinski definition) is 0. The third kappa shape index (κ3) is 4.80. The summed E-state index contributed by atoms with van der Waals surface area (Å²) in [7, 11) is 0. The van der Waals surface area contributed by atoms with Crippen molar-refractivity contribution in [2.75, 3.05) is 19.7 Å². The minimum Gasteiger partial charge on any atom is -0.484 e. The van der Waals surface area contributed by atoms with Crippen LogP contribution in [0, 0.1) is 13.8 Å². The highest BCUT2D eigenvalue weighted by Gasteiger charge is 2.25. The second-order valence-corrected chi connectivity index (χ2v) is 8.10. The molecule has 1 saturated heterocycles. The Bertz CT molecular complexity index is 1130. The summed E-state index contributed by atoms with van der Waals surface area (Å²) in [5.41, 5.74) is 1.70. The van der Waals surface area contributed by atoms with Gasteiger partial charge in [0.15, 0.2) is 12.4 Å². The molecule has 0 aliphatic carbocycles. The van der Waals surface area contributed by atoms with Gasteiger partial charge in [-0.1, -0.05) is 11.6 Å². The van der Waals surface area contributed by atoms with Gasteiger partial charge >= 0.3 is 0 Å². The normalized spacial score (nSPS) is 14.6. The standard InChI is InChI=1S/C22H24ClN5O3/c1-15-13-16(2)27(24-15)20-7-8-21(29)28(25-20)18-9-11-26(12-10-18)22(30)14-31-19-5-3-17(23)4-6-19/h3-8,13,18H,9-12,14H2,1-2H3. The van der Waals surface area contributed by atoms with Crippen molar-refractivity contribution in [2.45, 2.75) is 32.7 Å². The van der Waals surface area contributed by atoms with Crippen LogP contribution in [0.2, 0.25) is 5.02 Å². The van der Waals surface area contributed by atoms with Crippen molar-refractivity contribution in [3.05, 3.63) is 69.2 Å². The van der Waals surface area contributed by atoms with Crippen molar-refractivity contribution in [3.63, 3.8) is 0 Å². The highest BCUT2D eigenvalue weighted by molar-refractivity contribution is 6.30. The summed E-state index contributed by atoms with van der Waals surface area (Å²) < 4.78 is 8.82. The number of carbonyl (C=O) groups is 1. The van der Waals surface area contributed by atoms with Crippen molar-refractivity contribution in [1.82, 2.24) is 24.5 Å². The van der Waals surface area contributed by atoms with E-state index in [0.717, 1.165) is 11.4 Å². The molecule has 4 rings (SSSR count). The van der Waals surface area contributed by atoms with Crippen LogP contribution >= 0.6 is 11.6 Å². The van der Waals surface area contributed by atoms with Gasteiger partial charge in [-0.3, -0.25) is 9.59 Å². The number of rotatable bonds is 5. The third-order valence-corrected chi connectivity index (χ3v) is 5.63. The fraction of sp³-hybridized carbons (Fsp3) is 0.364. The number of benzene rings is 1. The second-order valence-electron chi connectivity index (χ2n) is 7.67. The van der Waals surface area contributed by atoms with Gasteiger partial charge in [-0.2, -0.15) is 5.10 Å². The number of likely N-dealkylation sites (tertiary alicyclic amines) is 1. The summed E-state index contributed by atoms with van der Waals surface area (Å²) in [5, 5.41) is 9.62. The van der Waals surface area contributed by atoms with Gasteiger partial charge in [0.2, 0.25) is 0 Å². The van der Waals surface area contributed by atoms with Gasteiger partial charge in [-0.25, -0.2) is 9.36 Å². The molecule has 162 valence electrons. The zero-order chi connectivity index (χ0) is 22.0. The molecule has 0 bridgehead atoms. The molecule has 3 aromatic rings. The molecular weight excluding hydrogens is 418 g/mol. The number of aromatic nitrogens is 4. The molecule has 31 heavy (non-hydrogen) atoms. The van der Waals surface area contributed by atoms with Crippen LogP contribution in [0.25, 0.3) is 5.82 Å². The fourth-order valence-corrected chi connectivity index (χ4v) is 3.90. The first-order chi connectivity index (χ1) is 14.9. The first-order valence-corrected chi connectivity index (χ1v) is 10.6. The Kier molecular flexibility index (Phi) is 6.08. The highest BCUT2D eigenvalue weighted by Crippen LogP contribution is 2.21. The molecule has 1 aromatic carbocycles. The Balaban J connectivity index is 1.38. The van der Waals surface area contributed by atoms with E-state index in [4.69, 9.17) is 16.3 Å². The van der Waals surface area contributed by atoms with Gasteiger partial charge in [0.05, 0.1) is 11.7 Å². The van der Waals surface area contributed by atoms with Crippen molar-refractivity contribution >= 4 is 17.5 Å². The maximum absolute atomic E-state index is 12.5. The average Bonchev–Trinajstić information content (AvgIpc) is 3.11. The summed E-state index contributed by atoms with van der Waals surface area (Å²) >= 11 is 5.86. The number of hydrogen-bond acceptors (Lipinski definition) is 5. The lowest BCUT2D eigenvalue weighted by molar-refractivity contribution is -0.134. The molecule has 0 spiro atoms. The lowest BCUT2D eigenvalue weighted by Crippen LogP contribution is -2.43. The van der Waals surface area contributed by atoms with E-state index < -0.39 is 0 Å². The minimum absolute atomic E-state index is 0.0299. The molecule has 2 aromatic heterocycles. The number of nitrogens with zero attached hydrogens (tertiary/aromatic N) is 5. The Hall–Kier alpha value is -3.13. The summed E-state index contributed by atoms with van der Waals surface area (Å²) in [4.78, 5) is 26.7. The van der Waals surface area contributed by atoms with Gasteiger partial charge in [-0.05, 0) is 63.1 Å². The largest absolute Gasteiger partial charge is 0.484 e. The van der Waals surface area contributed by atoms with Gasteiger partial charge < -0.3 is 9.64 Å². The van der Waals surface area contributed by atoms with Gasteiger partial charge in [0, 0.05) is 29.9 Å². The summed E-state index contributed by atoms with van der Waals surface area (Å²) in [5.74, 6) is 1.13. The number of ether oxygens (including phenoxy) is 1. The van der Waals surface area contributed by atoms with Crippen molar-refractivity contribution in [2.24, 2.45) is 0 Å². The fourth-order valence-electron chi connectivity index (χ4n) is 3.78. The van der Waals surface area contributed by atoms with Crippen LogP contribution in [-0.2, 0) is 4.79 Å². The number of piperidine rings is 1.